The van der Waals surface area contributed by atoms with E-state index in [4.69, 9.17) is 0 Å². The predicted octanol–water partition coefficient (Wildman–Crippen LogP) is 2.54. The number of hydrogen-bond acceptors (Lipinski definition) is 1. The van der Waals surface area contributed by atoms with E-state index in [1.54, 1.807) is 0 Å². The maximum absolute atomic E-state index is 3.43. The first-order valence-corrected chi connectivity index (χ1v) is 8.32. The van der Waals surface area contributed by atoms with Crippen molar-refractivity contribution in [2.75, 3.05) is 18.9 Å². The summed E-state index contributed by atoms with van der Waals surface area (Å²) in [6.07, 6.45) is 1.26. The van der Waals surface area contributed by atoms with E-state index in [1.807, 2.05) is 0 Å². The first-order chi connectivity index (χ1) is 4.48. The van der Waals surface area contributed by atoms with Crippen LogP contribution in [0.4, 0.5) is 0 Å². The summed E-state index contributed by atoms with van der Waals surface area (Å²) in [6.45, 7) is 8.37. The molecule has 0 amide bonds. The van der Waals surface area contributed by atoms with Gasteiger partial charge in [-0.1, -0.05) is 35.6 Å². The smallest absolute Gasteiger partial charge is 0.118 e. The molecule has 0 aromatic rings. The Balaban J connectivity index is 3.52. The number of nitrogens with zero attached hydrogens (tertiary/aromatic N) is 1. The monoisotopic (exact) mass is 223 g/mol. The molecule has 0 heterocycles. The van der Waals surface area contributed by atoms with Crippen molar-refractivity contribution in [1.82, 2.24) is 4.57 Å². The van der Waals surface area contributed by atoms with Crippen LogP contribution in [0.3, 0.4) is 0 Å². The molecule has 0 saturated carbocycles. The Kier molecular flexibility index (Phi) is 4.81. The van der Waals surface area contributed by atoms with Crippen LogP contribution in [0.1, 0.15) is 6.42 Å². The van der Waals surface area contributed by atoms with Crippen molar-refractivity contribution in [1.29, 1.82) is 0 Å². The van der Waals surface area contributed by atoms with E-state index in [2.05, 4.69) is 47.2 Å². The van der Waals surface area contributed by atoms with Crippen molar-refractivity contribution in [3.8, 4) is 0 Å². The largest absolute Gasteiger partial charge is 0.327 e. The molecule has 1 nitrogen and oxygen atoms in total. The van der Waals surface area contributed by atoms with Crippen molar-refractivity contribution in [2.45, 2.75) is 26.1 Å². The molecule has 0 rings (SSSR count). The molecule has 0 radical (unpaired) electrons. The van der Waals surface area contributed by atoms with Crippen LogP contribution in [0.15, 0.2) is 0 Å². The van der Waals surface area contributed by atoms with Crippen molar-refractivity contribution < 1.29 is 0 Å². The standard InChI is InChI=1S/C7H18BrNSi/c1-9(7-5-6-8)10(2,3)4/h5-7H2,1-4H3. The topological polar surface area (TPSA) is 3.24 Å². The Bertz CT molecular complexity index is 90.1. The maximum atomic E-state index is 3.43. The fraction of sp³-hybridized carbons (Fsp3) is 1.00. The van der Waals surface area contributed by atoms with E-state index < -0.39 is 8.24 Å². The highest BCUT2D eigenvalue weighted by Crippen LogP contribution is 2.06. The van der Waals surface area contributed by atoms with Gasteiger partial charge in [-0.05, 0) is 20.0 Å². The fourth-order valence-corrected chi connectivity index (χ4v) is 1.71. The zero-order valence-electron chi connectivity index (χ0n) is 7.45. The molecule has 0 spiro atoms. The van der Waals surface area contributed by atoms with Crippen LogP contribution in [0.5, 0.6) is 0 Å². The van der Waals surface area contributed by atoms with Gasteiger partial charge in [-0.25, -0.2) is 0 Å². The predicted molar refractivity (Wildman–Crippen MR) is 54.4 cm³/mol. The Morgan fingerprint density at radius 2 is 1.80 bits per heavy atom. The molecule has 0 atom stereocenters. The first-order valence-electron chi connectivity index (χ1n) is 3.75. The number of rotatable bonds is 4. The molecule has 0 N–H and O–H groups in total. The highest BCUT2D eigenvalue weighted by Gasteiger charge is 2.18. The second kappa shape index (κ2) is 4.52. The molecule has 0 aliphatic carbocycles. The van der Waals surface area contributed by atoms with E-state index in [-0.39, 0.29) is 0 Å². The zero-order valence-corrected chi connectivity index (χ0v) is 10.0. The minimum atomic E-state index is -0.985. The molecule has 0 aromatic heterocycles. The van der Waals surface area contributed by atoms with Crippen molar-refractivity contribution in [3.63, 3.8) is 0 Å². The lowest BCUT2D eigenvalue weighted by Gasteiger charge is -2.29. The minimum Gasteiger partial charge on any atom is -0.327 e. The van der Waals surface area contributed by atoms with Crippen LogP contribution >= 0.6 is 15.9 Å². The van der Waals surface area contributed by atoms with E-state index >= 15 is 0 Å². The van der Waals surface area contributed by atoms with Crippen LogP contribution in [-0.4, -0.2) is 31.7 Å². The summed E-state index contributed by atoms with van der Waals surface area (Å²) in [7, 11) is 1.25. The van der Waals surface area contributed by atoms with E-state index in [9.17, 15) is 0 Å². The maximum Gasteiger partial charge on any atom is 0.118 e. The van der Waals surface area contributed by atoms with Crippen LogP contribution in [0.2, 0.25) is 19.6 Å². The quantitative estimate of drug-likeness (QED) is 0.524. The zero-order chi connectivity index (χ0) is 8.20. The van der Waals surface area contributed by atoms with Crippen molar-refractivity contribution in [3.05, 3.63) is 0 Å². The molecule has 0 bridgehead atoms. The Hall–Kier alpha value is 0.657. The van der Waals surface area contributed by atoms with Gasteiger partial charge in [0.05, 0.1) is 0 Å². The molecule has 0 fully saturated rings. The van der Waals surface area contributed by atoms with Gasteiger partial charge in [0.15, 0.2) is 0 Å². The van der Waals surface area contributed by atoms with Crippen molar-refractivity contribution in [2.24, 2.45) is 0 Å². The summed E-state index contributed by atoms with van der Waals surface area (Å²) in [5.74, 6) is 0. The third-order valence-electron chi connectivity index (χ3n) is 1.77. The lowest BCUT2D eigenvalue weighted by Crippen LogP contribution is -2.43. The third-order valence-corrected chi connectivity index (χ3v) is 4.85. The van der Waals surface area contributed by atoms with Gasteiger partial charge in [-0.2, -0.15) is 0 Å². The molecule has 0 aliphatic rings. The molecular formula is C7H18BrNSi. The molecule has 62 valence electrons. The van der Waals surface area contributed by atoms with Crippen LogP contribution in [0.25, 0.3) is 0 Å². The van der Waals surface area contributed by atoms with Gasteiger partial charge in [0.2, 0.25) is 0 Å². The van der Waals surface area contributed by atoms with Gasteiger partial charge in [-0.15, -0.1) is 0 Å². The van der Waals surface area contributed by atoms with E-state index in [1.165, 1.54) is 13.0 Å². The van der Waals surface area contributed by atoms with Gasteiger partial charge < -0.3 is 4.57 Å². The molecular weight excluding hydrogens is 206 g/mol. The van der Waals surface area contributed by atoms with E-state index in [0.29, 0.717) is 0 Å². The second-order valence-electron chi connectivity index (χ2n) is 3.63. The normalized spacial score (nSPS) is 12.6. The van der Waals surface area contributed by atoms with Crippen LogP contribution < -0.4 is 0 Å². The van der Waals surface area contributed by atoms with E-state index in [0.717, 1.165) is 5.33 Å². The number of hydrogen-bond donors (Lipinski definition) is 0. The molecule has 0 saturated heterocycles. The third kappa shape index (κ3) is 4.47. The fourth-order valence-electron chi connectivity index (χ4n) is 0.632. The highest BCUT2D eigenvalue weighted by molar-refractivity contribution is 9.09. The number of halogens is 1. The van der Waals surface area contributed by atoms with Crippen molar-refractivity contribution >= 4 is 24.2 Å². The summed E-state index contributed by atoms with van der Waals surface area (Å²) in [5.41, 5.74) is 0. The lowest BCUT2D eigenvalue weighted by atomic mass is 10.5. The average molecular weight is 224 g/mol. The van der Waals surface area contributed by atoms with Gasteiger partial charge in [0.25, 0.3) is 0 Å². The van der Waals surface area contributed by atoms with Gasteiger partial charge >= 0.3 is 0 Å². The Morgan fingerprint density at radius 3 is 2.10 bits per heavy atom. The van der Waals surface area contributed by atoms with Crippen LogP contribution in [-0.2, 0) is 0 Å². The second-order valence-corrected chi connectivity index (χ2v) is 9.53. The number of alkyl halides is 1. The Labute approximate surface area is 74.0 Å². The van der Waals surface area contributed by atoms with Gasteiger partial charge in [-0.3, -0.25) is 0 Å². The SMILES string of the molecule is CN(CCCBr)[Si](C)(C)C. The summed E-state index contributed by atoms with van der Waals surface area (Å²) in [5, 5.41) is 1.13. The molecule has 0 aromatic carbocycles. The van der Waals surface area contributed by atoms with Gasteiger partial charge in [0.1, 0.15) is 8.24 Å². The summed E-state index contributed by atoms with van der Waals surface area (Å²) in [6, 6.07) is 0. The first kappa shape index (κ1) is 10.7. The molecule has 3 heteroatoms. The minimum absolute atomic E-state index is 0.985. The average Bonchev–Trinajstić information content (AvgIpc) is 1.80. The summed E-state index contributed by atoms with van der Waals surface area (Å²) in [4.78, 5) is 0. The molecule has 0 aliphatic heterocycles. The Morgan fingerprint density at radius 1 is 1.30 bits per heavy atom. The highest BCUT2D eigenvalue weighted by atomic mass is 79.9. The molecule has 10 heavy (non-hydrogen) atoms. The summed E-state index contributed by atoms with van der Waals surface area (Å²) < 4.78 is 2.51. The summed E-state index contributed by atoms with van der Waals surface area (Å²) >= 11 is 3.43. The lowest BCUT2D eigenvalue weighted by molar-refractivity contribution is 0.508. The van der Waals surface area contributed by atoms with Gasteiger partial charge in [0, 0.05) is 5.33 Å². The molecule has 0 unspecified atom stereocenters. The van der Waals surface area contributed by atoms with Crippen LogP contribution in [0, 0.1) is 0 Å².